The molecule has 0 spiro atoms. The Morgan fingerprint density at radius 3 is 2.41 bits per heavy atom. The molecule has 1 aliphatic rings. The number of sulfone groups is 1. The van der Waals surface area contributed by atoms with Crippen LogP contribution in [0.1, 0.15) is 5.56 Å². The van der Waals surface area contributed by atoms with Gasteiger partial charge >= 0.3 is 0 Å². The number of hydrogen-bond acceptors (Lipinski definition) is 7. The van der Waals surface area contributed by atoms with Crippen LogP contribution in [0.15, 0.2) is 56.1 Å². The first kappa shape index (κ1) is 18.2. The van der Waals surface area contributed by atoms with Gasteiger partial charge in [-0.25, -0.2) is 8.42 Å². The first-order valence-corrected chi connectivity index (χ1v) is 11.1. The van der Waals surface area contributed by atoms with Crippen molar-refractivity contribution in [2.24, 2.45) is 0 Å². The molecule has 0 amide bonds. The third-order valence-corrected chi connectivity index (χ3v) is 7.21. The number of oxazole rings is 1. The van der Waals surface area contributed by atoms with Crippen molar-refractivity contribution in [1.82, 2.24) is 9.88 Å². The molecule has 2 aromatic heterocycles. The zero-order chi connectivity index (χ0) is 19.0. The lowest BCUT2D eigenvalue weighted by atomic mass is 10.2. The maximum absolute atomic E-state index is 13.3. The molecule has 6 nitrogen and oxygen atoms in total. The molecule has 1 aliphatic heterocycles. The molecule has 3 heterocycles. The van der Waals surface area contributed by atoms with Crippen LogP contribution in [0, 0.1) is 6.92 Å². The fourth-order valence-electron chi connectivity index (χ4n) is 3.02. The van der Waals surface area contributed by atoms with Gasteiger partial charge in [-0.15, -0.1) is 11.3 Å². The molecule has 0 atom stereocenters. The Labute approximate surface area is 163 Å². The zero-order valence-electron chi connectivity index (χ0n) is 15.3. The molecule has 1 fully saturated rings. The molecule has 142 valence electrons. The molecule has 8 heteroatoms. The topological polar surface area (TPSA) is 66.7 Å². The van der Waals surface area contributed by atoms with E-state index in [4.69, 9.17) is 4.42 Å². The fourth-order valence-corrected chi connectivity index (χ4v) is 4.99. The van der Waals surface area contributed by atoms with Crippen LogP contribution < -0.4 is 4.90 Å². The number of hydrogen-bond donors (Lipinski definition) is 0. The predicted molar refractivity (Wildman–Crippen MR) is 106 cm³/mol. The smallest absolute Gasteiger partial charge is 0.240 e. The lowest BCUT2D eigenvalue weighted by Crippen LogP contribution is -2.44. The molecule has 0 radical (unpaired) electrons. The standard InChI is InChI=1S/C19H21N3O3S2/c1-14-5-7-15(8-6-14)27(23,24)18-19(22-11-9-21(2)10-12-22)25-17(20-18)16-4-3-13-26-16/h3-8,13H,9-12H2,1-2H3. The maximum Gasteiger partial charge on any atom is 0.240 e. The first-order chi connectivity index (χ1) is 12.9. The minimum absolute atomic E-state index is 0.000642. The Morgan fingerprint density at radius 2 is 1.78 bits per heavy atom. The number of nitrogens with zero attached hydrogens (tertiary/aromatic N) is 3. The Balaban J connectivity index is 1.81. The second-order valence-electron chi connectivity index (χ2n) is 6.71. The van der Waals surface area contributed by atoms with Crippen molar-refractivity contribution >= 4 is 27.1 Å². The van der Waals surface area contributed by atoms with E-state index in [1.54, 1.807) is 24.3 Å². The number of piperazine rings is 1. The summed E-state index contributed by atoms with van der Waals surface area (Å²) in [6.07, 6.45) is 0. The second-order valence-corrected chi connectivity index (χ2v) is 9.53. The number of likely N-dealkylation sites (N-methyl/N-ethyl adjacent to an activating group) is 1. The third-order valence-electron chi connectivity index (χ3n) is 4.69. The van der Waals surface area contributed by atoms with Crippen molar-refractivity contribution in [2.75, 3.05) is 38.1 Å². The highest BCUT2D eigenvalue weighted by atomic mass is 32.2. The average Bonchev–Trinajstić information content (AvgIpc) is 3.33. The second kappa shape index (κ2) is 7.10. The fraction of sp³-hybridized carbons (Fsp3) is 0.316. The highest BCUT2D eigenvalue weighted by Crippen LogP contribution is 2.36. The van der Waals surface area contributed by atoms with Crippen molar-refractivity contribution < 1.29 is 12.8 Å². The number of anilines is 1. The largest absolute Gasteiger partial charge is 0.418 e. The van der Waals surface area contributed by atoms with E-state index in [1.165, 1.54) is 11.3 Å². The average molecular weight is 404 g/mol. The van der Waals surface area contributed by atoms with Gasteiger partial charge in [-0.1, -0.05) is 23.8 Å². The van der Waals surface area contributed by atoms with E-state index in [0.29, 0.717) is 24.9 Å². The van der Waals surface area contributed by atoms with Crippen molar-refractivity contribution in [2.45, 2.75) is 16.8 Å². The summed E-state index contributed by atoms with van der Waals surface area (Å²) in [7, 11) is -1.72. The van der Waals surface area contributed by atoms with Crippen LogP contribution >= 0.6 is 11.3 Å². The molecular formula is C19H21N3O3S2. The maximum atomic E-state index is 13.3. The van der Waals surface area contributed by atoms with Crippen molar-refractivity contribution in [3.63, 3.8) is 0 Å². The van der Waals surface area contributed by atoms with E-state index in [1.807, 2.05) is 29.3 Å². The summed E-state index contributed by atoms with van der Waals surface area (Å²) in [5.41, 5.74) is 1.01. The van der Waals surface area contributed by atoms with Gasteiger partial charge < -0.3 is 14.2 Å². The highest BCUT2D eigenvalue weighted by molar-refractivity contribution is 7.91. The van der Waals surface area contributed by atoms with Gasteiger partial charge in [-0.2, -0.15) is 4.98 Å². The Hall–Kier alpha value is -2.16. The lowest BCUT2D eigenvalue weighted by molar-refractivity contribution is 0.305. The number of aryl methyl sites for hydroxylation is 1. The first-order valence-electron chi connectivity index (χ1n) is 8.75. The minimum Gasteiger partial charge on any atom is -0.418 e. The van der Waals surface area contributed by atoms with E-state index in [-0.39, 0.29) is 9.92 Å². The van der Waals surface area contributed by atoms with Gasteiger partial charge in [0.05, 0.1) is 9.77 Å². The van der Waals surface area contributed by atoms with E-state index in [0.717, 1.165) is 23.5 Å². The van der Waals surface area contributed by atoms with E-state index < -0.39 is 9.84 Å². The quantitative estimate of drug-likeness (QED) is 0.666. The summed E-state index contributed by atoms with van der Waals surface area (Å²) in [5, 5.41) is 1.92. The summed E-state index contributed by atoms with van der Waals surface area (Å²) in [6, 6.07) is 10.6. The summed E-state index contributed by atoms with van der Waals surface area (Å²) in [5.74, 6) is 0.691. The summed E-state index contributed by atoms with van der Waals surface area (Å²) >= 11 is 1.48. The summed E-state index contributed by atoms with van der Waals surface area (Å²) in [4.78, 5) is 9.65. The minimum atomic E-state index is -3.77. The van der Waals surface area contributed by atoms with Crippen LogP contribution in [0.3, 0.4) is 0 Å². The molecular weight excluding hydrogens is 382 g/mol. The van der Waals surface area contributed by atoms with Crippen LogP contribution in [-0.2, 0) is 9.84 Å². The molecule has 0 N–H and O–H groups in total. The van der Waals surface area contributed by atoms with Crippen LogP contribution in [0.2, 0.25) is 0 Å². The SMILES string of the molecule is Cc1ccc(S(=O)(=O)c2nc(-c3cccs3)oc2N2CCN(C)CC2)cc1. The zero-order valence-corrected chi connectivity index (χ0v) is 16.9. The molecule has 0 unspecified atom stereocenters. The number of benzene rings is 1. The third kappa shape index (κ3) is 3.52. The van der Waals surface area contributed by atoms with Gasteiger partial charge in [-0.05, 0) is 37.6 Å². The monoisotopic (exact) mass is 403 g/mol. The van der Waals surface area contributed by atoms with Gasteiger partial charge in [0, 0.05) is 26.2 Å². The van der Waals surface area contributed by atoms with E-state index >= 15 is 0 Å². The normalized spacial score (nSPS) is 16.0. The Morgan fingerprint density at radius 1 is 1.07 bits per heavy atom. The van der Waals surface area contributed by atoms with Gasteiger partial charge in [0.1, 0.15) is 0 Å². The van der Waals surface area contributed by atoms with Gasteiger partial charge in [0.25, 0.3) is 0 Å². The molecule has 1 aromatic carbocycles. The summed E-state index contributed by atoms with van der Waals surface area (Å²) in [6.45, 7) is 5.02. The number of rotatable bonds is 4. The Kier molecular flexibility index (Phi) is 4.79. The predicted octanol–water partition coefficient (Wildman–Crippen LogP) is 3.30. The molecule has 0 saturated carbocycles. The molecule has 1 saturated heterocycles. The van der Waals surface area contributed by atoms with Crippen molar-refractivity contribution in [3.05, 3.63) is 47.3 Å². The molecule has 27 heavy (non-hydrogen) atoms. The summed E-state index contributed by atoms with van der Waals surface area (Å²) < 4.78 is 32.6. The van der Waals surface area contributed by atoms with E-state index in [9.17, 15) is 8.42 Å². The van der Waals surface area contributed by atoms with Crippen molar-refractivity contribution in [3.8, 4) is 10.8 Å². The van der Waals surface area contributed by atoms with Gasteiger partial charge in [0.2, 0.25) is 26.6 Å². The van der Waals surface area contributed by atoms with Crippen molar-refractivity contribution in [1.29, 1.82) is 0 Å². The highest BCUT2D eigenvalue weighted by Gasteiger charge is 2.32. The molecule has 3 aromatic rings. The lowest BCUT2D eigenvalue weighted by Gasteiger charge is -2.32. The van der Waals surface area contributed by atoms with Crippen LogP contribution in [0.25, 0.3) is 10.8 Å². The Bertz CT molecular complexity index is 1020. The van der Waals surface area contributed by atoms with E-state index in [2.05, 4.69) is 16.9 Å². The van der Waals surface area contributed by atoms with Gasteiger partial charge in [0.15, 0.2) is 0 Å². The van der Waals surface area contributed by atoms with Crippen LogP contribution in [-0.4, -0.2) is 51.5 Å². The number of aromatic nitrogens is 1. The van der Waals surface area contributed by atoms with Gasteiger partial charge in [-0.3, -0.25) is 0 Å². The van der Waals surface area contributed by atoms with Crippen LogP contribution in [0.4, 0.5) is 5.88 Å². The number of thiophene rings is 1. The van der Waals surface area contributed by atoms with Crippen LogP contribution in [0.5, 0.6) is 0 Å². The molecule has 4 rings (SSSR count). The molecule has 0 aliphatic carbocycles. The molecule has 0 bridgehead atoms.